The number of likely N-dealkylation sites (N-methyl/N-ethyl adjacent to an activating group) is 1. The number of thiazole rings is 1. The lowest BCUT2D eigenvalue weighted by Gasteiger charge is -2.32. The number of amides is 1. The Hall–Kier alpha value is -2.42. The molecule has 0 aromatic carbocycles. The smallest absolute Gasteiger partial charge is 0.241 e. The molecule has 1 N–H and O–H groups in total. The molecule has 0 saturated carbocycles. The first-order valence-corrected chi connectivity index (χ1v) is 10.3. The summed E-state index contributed by atoms with van der Waals surface area (Å²) in [4.78, 5) is 31.4. The van der Waals surface area contributed by atoms with Gasteiger partial charge in [-0.25, -0.2) is 15.0 Å². The summed E-state index contributed by atoms with van der Waals surface area (Å²) in [5.41, 5.74) is 1.12. The van der Waals surface area contributed by atoms with Gasteiger partial charge in [0.15, 0.2) is 5.13 Å². The molecule has 1 amide bonds. The van der Waals surface area contributed by atoms with Gasteiger partial charge in [-0.15, -0.1) is 11.3 Å². The van der Waals surface area contributed by atoms with Gasteiger partial charge in [0.2, 0.25) is 5.91 Å². The molecule has 0 bridgehead atoms. The molecule has 4 rings (SSSR count). The van der Waals surface area contributed by atoms with E-state index in [9.17, 15) is 4.79 Å². The van der Waals surface area contributed by atoms with Crippen molar-refractivity contribution < 1.29 is 4.79 Å². The van der Waals surface area contributed by atoms with E-state index in [1.807, 2.05) is 18.0 Å². The molecule has 2 fully saturated rings. The molecule has 9 heteroatoms. The number of carbonyl (C=O) groups is 1. The number of anilines is 3. The molecule has 4 heterocycles. The highest BCUT2D eigenvalue weighted by Gasteiger charge is 2.22. The van der Waals surface area contributed by atoms with E-state index in [1.165, 1.54) is 12.8 Å². The second kappa shape index (κ2) is 8.08. The molecule has 0 unspecified atom stereocenters. The fraction of sp³-hybridized carbons (Fsp3) is 0.556. The highest BCUT2D eigenvalue weighted by atomic mass is 32.1. The Bertz CT molecular complexity index is 790. The average Bonchev–Trinajstić information content (AvgIpc) is 3.36. The van der Waals surface area contributed by atoms with Crippen molar-refractivity contribution in [3.63, 3.8) is 0 Å². The van der Waals surface area contributed by atoms with Crippen LogP contribution < -0.4 is 15.1 Å². The largest absolute Gasteiger partial charge is 0.370 e. The first-order valence-electron chi connectivity index (χ1n) is 9.43. The Balaban J connectivity index is 1.30. The van der Waals surface area contributed by atoms with Gasteiger partial charge < -0.3 is 20.0 Å². The zero-order valence-electron chi connectivity index (χ0n) is 15.6. The molecule has 0 radical (unpaired) electrons. The standard InChI is InChI=1S/C18H25N7OS/c1-23-8-9-25(11-17(23)26)16-10-15(20-13-21-16)19-5-4-14-12-27-18(22-14)24-6-2-3-7-24/h10,12-13H,2-9,11H2,1H3,(H,19,20,21). The Morgan fingerprint density at radius 1 is 1.15 bits per heavy atom. The molecular formula is C18H25N7OS. The van der Waals surface area contributed by atoms with Crippen LogP contribution in [0, 0.1) is 0 Å². The molecule has 0 aliphatic carbocycles. The minimum atomic E-state index is 0.117. The van der Waals surface area contributed by atoms with Crippen molar-refractivity contribution in [2.24, 2.45) is 0 Å². The van der Waals surface area contributed by atoms with Gasteiger partial charge in [-0.2, -0.15) is 0 Å². The number of hydrogen-bond acceptors (Lipinski definition) is 8. The van der Waals surface area contributed by atoms with Crippen LogP contribution in [0.2, 0.25) is 0 Å². The van der Waals surface area contributed by atoms with Crippen molar-refractivity contribution >= 4 is 34.0 Å². The lowest BCUT2D eigenvalue weighted by Crippen LogP contribution is -2.48. The summed E-state index contributed by atoms with van der Waals surface area (Å²) in [6, 6.07) is 1.91. The normalized spacial score (nSPS) is 17.7. The van der Waals surface area contributed by atoms with Crippen molar-refractivity contribution in [2.45, 2.75) is 19.3 Å². The predicted molar refractivity (Wildman–Crippen MR) is 108 cm³/mol. The van der Waals surface area contributed by atoms with E-state index < -0.39 is 0 Å². The Morgan fingerprint density at radius 3 is 2.81 bits per heavy atom. The number of nitrogens with zero attached hydrogens (tertiary/aromatic N) is 6. The third kappa shape index (κ3) is 4.29. The molecule has 27 heavy (non-hydrogen) atoms. The fourth-order valence-electron chi connectivity index (χ4n) is 3.35. The maximum absolute atomic E-state index is 11.9. The van der Waals surface area contributed by atoms with Crippen molar-refractivity contribution in [3.05, 3.63) is 23.5 Å². The van der Waals surface area contributed by atoms with Crippen molar-refractivity contribution in [1.82, 2.24) is 19.9 Å². The van der Waals surface area contributed by atoms with Crippen molar-refractivity contribution in [1.29, 1.82) is 0 Å². The summed E-state index contributed by atoms with van der Waals surface area (Å²) >= 11 is 1.73. The molecule has 144 valence electrons. The molecular weight excluding hydrogens is 362 g/mol. The van der Waals surface area contributed by atoms with Crippen LogP contribution in [-0.4, -0.2) is 72.1 Å². The zero-order chi connectivity index (χ0) is 18.6. The van der Waals surface area contributed by atoms with E-state index in [2.05, 4.69) is 25.6 Å². The van der Waals surface area contributed by atoms with Gasteiger partial charge in [0, 0.05) is 57.6 Å². The SMILES string of the molecule is CN1CCN(c2cc(NCCc3csc(N4CCCC4)n3)ncn2)CC1=O. The van der Waals surface area contributed by atoms with E-state index in [0.717, 1.165) is 61.6 Å². The van der Waals surface area contributed by atoms with Gasteiger partial charge in [0.25, 0.3) is 0 Å². The van der Waals surface area contributed by atoms with E-state index in [0.29, 0.717) is 6.54 Å². The first kappa shape index (κ1) is 18.0. The van der Waals surface area contributed by atoms with Crippen LogP contribution in [0.25, 0.3) is 0 Å². The van der Waals surface area contributed by atoms with Gasteiger partial charge >= 0.3 is 0 Å². The molecule has 2 aliphatic rings. The summed E-state index contributed by atoms with van der Waals surface area (Å²) in [7, 11) is 1.83. The molecule has 0 atom stereocenters. The van der Waals surface area contributed by atoms with Crippen LogP contribution in [-0.2, 0) is 11.2 Å². The number of hydrogen-bond donors (Lipinski definition) is 1. The highest BCUT2D eigenvalue weighted by Crippen LogP contribution is 2.24. The topological polar surface area (TPSA) is 77.5 Å². The Kier molecular flexibility index (Phi) is 5.38. The summed E-state index contributed by atoms with van der Waals surface area (Å²) in [6.07, 6.45) is 4.95. The van der Waals surface area contributed by atoms with E-state index in [1.54, 1.807) is 22.6 Å². The lowest BCUT2D eigenvalue weighted by molar-refractivity contribution is -0.129. The molecule has 2 aliphatic heterocycles. The molecule has 2 saturated heterocycles. The third-order valence-electron chi connectivity index (χ3n) is 5.04. The van der Waals surface area contributed by atoms with Gasteiger partial charge in [0.1, 0.15) is 18.0 Å². The summed E-state index contributed by atoms with van der Waals surface area (Å²) in [5, 5.41) is 6.64. The monoisotopic (exact) mass is 387 g/mol. The van der Waals surface area contributed by atoms with Gasteiger partial charge in [-0.05, 0) is 12.8 Å². The van der Waals surface area contributed by atoms with Gasteiger partial charge in [0.05, 0.1) is 12.2 Å². The van der Waals surface area contributed by atoms with Crippen LogP contribution in [0.4, 0.5) is 16.8 Å². The van der Waals surface area contributed by atoms with E-state index in [4.69, 9.17) is 4.98 Å². The second-order valence-electron chi connectivity index (χ2n) is 6.99. The molecule has 2 aromatic heterocycles. The molecule has 0 spiro atoms. The van der Waals surface area contributed by atoms with E-state index in [-0.39, 0.29) is 5.91 Å². The van der Waals surface area contributed by atoms with Crippen molar-refractivity contribution in [3.8, 4) is 0 Å². The quantitative estimate of drug-likeness (QED) is 0.804. The first-order chi connectivity index (χ1) is 13.2. The minimum absolute atomic E-state index is 0.117. The van der Waals surface area contributed by atoms with E-state index >= 15 is 0 Å². The van der Waals surface area contributed by atoms with Gasteiger partial charge in [-0.3, -0.25) is 4.79 Å². The number of aromatic nitrogens is 3. The minimum Gasteiger partial charge on any atom is -0.370 e. The summed E-state index contributed by atoms with van der Waals surface area (Å²) in [6.45, 7) is 4.89. The summed E-state index contributed by atoms with van der Waals surface area (Å²) in [5.74, 6) is 1.69. The van der Waals surface area contributed by atoms with Crippen LogP contribution in [0.1, 0.15) is 18.5 Å². The number of rotatable bonds is 6. The maximum Gasteiger partial charge on any atom is 0.241 e. The maximum atomic E-state index is 11.9. The molecule has 8 nitrogen and oxygen atoms in total. The van der Waals surface area contributed by atoms with Crippen LogP contribution in [0.15, 0.2) is 17.8 Å². The Morgan fingerprint density at radius 2 is 2.00 bits per heavy atom. The van der Waals surface area contributed by atoms with Crippen LogP contribution in [0.3, 0.4) is 0 Å². The van der Waals surface area contributed by atoms with Crippen LogP contribution in [0.5, 0.6) is 0 Å². The van der Waals surface area contributed by atoms with Gasteiger partial charge in [-0.1, -0.05) is 0 Å². The predicted octanol–water partition coefficient (Wildman–Crippen LogP) is 1.47. The third-order valence-corrected chi connectivity index (χ3v) is 5.99. The number of nitrogens with one attached hydrogen (secondary N) is 1. The zero-order valence-corrected chi connectivity index (χ0v) is 16.4. The number of piperazine rings is 1. The Labute approximate surface area is 163 Å². The highest BCUT2D eigenvalue weighted by molar-refractivity contribution is 7.13. The number of carbonyl (C=O) groups excluding carboxylic acids is 1. The van der Waals surface area contributed by atoms with Crippen molar-refractivity contribution in [2.75, 3.05) is 61.4 Å². The second-order valence-corrected chi connectivity index (χ2v) is 7.83. The lowest BCUT2D eigenvalue weighted by atomic mass is 10.3. The average molecular weight is 388 g/mol. The molecule has 2 aromatic rings. The summed E-state index contributed by atoms with van der Waals surface area (Å²) < 4.78 is 0. The van der Waals surface area contributed by atoms with Crippen LogP contribution >= 0.6 is 11.3 Å². The fourth-order valence-corrected chi connectivity index (χ4v) is 4.27.